The predicted molar refractivity (Wildman–Crippen MR) is 97.9 cm³/mol. The molecule has 25 heavy (non-hydrogen) atoms. The average molecular weight is 342 g/mol. The minimum atomic E-state index is -0.464. The largest absolute Gasteiger partial charge is 0.480 e. The van der Waals surface area contributed by atoms with Crippen molar-refractivity contribution in [2.45, 2.75) is 38.8 Å². The number of aromatic nitrogens is 2. The van der Waals surface area contributed by atoms with Gasteiger partial charge in [0.2, 0.25) is 0 Å². The summed E-state index contributed by atoms with van der Waals surface area (Å²) in [7, 11) is 1.91. The van der Waals surface area contributed by atoms with Crippen molar-refractivity contribution >= 4 is 11.6 Å². The van der Waals surface area contributed by atoms with Crippen molar-refractivity contribution in [2.75, 3.05) is 18.0 Å². The van der Waals surface area contributed by atoms with Gasteiger partial charge < -0.3 is 15.0 Å². The molecule has 1 amide bonds. The molecule has 0 spiro atoms. The Labute approximate surface area is 148 Å². The van der Waals surface area contributed by atoms with Gasteiger partial charge in [-0.3, -0.25) is 9.48 Å². The van der Waals surface area contributed by atoms with Gasteiger partial charge in [-0.1, -0.05) is 25.1 Å². The molecule has 1 aromatic carbocycles. The van der Waals surface area contributed by atoms with E-state index in [1.54, 1.807) is 4.68 Å². The molecule has 1 aromatic heterocycles. The Morgan fingerprint density at radius 2 is 2.24 bits per heavy atom. The summed E-state index contributed by atoms with van der Waals surface area (Å²) in [6.45, 7) is 5.69. The van der Waals surface area contributed by atoms with E-state index in [-0.39, 0.29) is 11.9 Å². The van der Waals surface area contributed by atoms with E-state index in [0.717, 1.165) is 36.5 Å². The van der Waals surface area contributed by atoms with Gasteiger partial charge in [0.05, 0.1) is 11.9 Å². The summed E-state index contributed by atoms with van der Waals surface area (Å²) >= 11 is 0. The first-order chi connectivity index (χ1) is 12.1. The molecular weight excluding hydrogens is 316 g/mol. The van der Waals surface area contributed by atoms with Crippen molar-refractivity contribution < 1.29 is 9.53 Å². The van der Waals surface area contributed by atoms with Gasteiger partial charge in [0.15, 0.2) is 6.10 Å². The fourth-order valence-electron chi connectivity index (χ4n) is 3.14. The van der Waals surface area contributed by atoms with Crippen LogP contribution in [0, 0.1) is 6.92 Å². The van der Waals surface area contributed by atoms with Crippen molar-refractivity contribution in [2.24, 2.45) is 7.05 Å². The third-order valence-electron chi connectivity index (χ3n) is 4.62. The molecule has 3 rings (SSSR count). The molecule has 1 fully saturated rings. The van der Waals surface area contributed by atoms with Crippen LogP contribution < -0.4 is 15.0 Å². The Morgan fingerprint density at radius 3 is 2.92 bits per heavy atom. The summed E-state index contributed by atoms with van der Waals surface area (Å²) in [5.74, 6) is 0.733. The number of para-hydroxylation sites is 1. The maximum absolute atomic E-state index is 12.6. The molecule has 6 nitrogen and oxygen atoms in total. The van der Waals surface area contributed by atoms with Crippen molar-refractivity contribution in [1.29, 1.82) is 0 Å². The van der Waals surface area contributed by atoms with E-state index in [1.165, 1.54) is 0 Å². The zero-order chi connectivity index (χ0) is 17.8. The number of amides is 1. The van der Waals surface area contributed by atoms with E-state index >= 15 is 0 Å². The number of carbonyl (C=O) groups is 1. The lowest BCUT2D eigenvalue weighted by molar-refractivity contribution is -0.128. The van der Waals surface area contributed by atoms with Crippen LogP contribution in [0.2, 0.25) is 0 Å². The molecule has 0 radical (unpaired) electrons. The van der Waals surface area contributed by atoms with Crippen LogP contribution in [-0.4, -0.2) is 40.9 Å². The Morgan fingerprint density at radius 1 is 1.44 bits per heavy atom. The maximum Gasteiger partial charge on any atom is 0.261 e. The normalized spacial score (nSPS) is 18.2. The molecule has 1 N–H and O–H groups in total. The fraction of sp³-hybridized carbons (Fsp3) is 0.474. The molecule has 1 saturated heterocycles. The van der Waals surface area contributed by atoms with E-state index in [9.17, 15) is 4.79 Å². The fourth-order valence-corrected chi connectivity index (χ4v) is 3.14. The number of nitrogens with one attached hydrogen (secondary N) is 1. The van der Waals surface area contributed by atoms with Crippen LogP contribution in [0.3, 0.4) is 0 Å². The number of ether oxygens (including phenoxy) is 1. The third-order valence-corrected chi connectivity index (χ3v) is 4.62. The Balaban J connectivity index is 1.56. The summed E-state index contributed by atoms with van der Waals surface area (Å²) in [5.41, 5.74) is 2.14. The molecule has 0 unspecified atom stereocenters. The van der Waals surface area contributed by atoms with Crippen LogP contribution in [0.25, 0.3) is 0 Å². The highest BCUT2D eigenvalue weighted by Crippen LogP contribution is 2.21. The molecule has 0 aliphatic carbocycles. The third kappa shape index (κ3) is 4.13. The smallest absolute Gasteiger partial charge is 0.261 e. The maximum atomic E-state index is 12.6. The highest BCUT2D eigenvalue weighted by Gasteiger charge is 2.28. The van der Waals surface area contributed by atoms with Gasteiger partial charge in [0, 0.05) is 32.4 Å². The van der Waals surface area contributed by atoms with Gasteiger partial charge in [0.1, 0.15) is 5.75 Å². The van der Waals surface area contributed by atoms with E-state index in [0.29, 0.717) is 6.42 Å². The summed E-state index contributed by atoms with van der Waals surface area (Å²) in [4.78, 5) is 14.9. The van der Waals surface area contributed by atoms with E-state index in [4.69, 9.17) is 4.74 Å². The minimum absolute atomic E-state index is 0.0382. The lowest BCUT2D eigenvalue weighted by Gasteiger charge is -2.21. The summed E-state index contributed by atoms with van der Waals surface area (Å²) in [6, 6.07) is 7.93. The average Bonchev–Trinajstić information content (AvgIpc) is 3.23. The number of nitrogens with zero attached hydrogens (tertiary/aromatic N) is 3. The van der Waals surface area contributed by atoms with Crippen molar-refractivity contribution in [3.05, 3.63) is 42.2 Å². The number of carbonyl (C=O) groups excluding carboxylic acids is 1. The molecule has 2 heterocycles. The number of hydrogen-bond donors (Lipinski definition) is 1. The van der Waals surface area contributed by atoms with Gasteiger partial charge in [0.25, 0.3) is 5.91 Å². The van der Waals surface area contributed by atoms with Gasteiger partial charge in [-0.25, -0.2) is 0 Å². The van der Waals surface area contributed by atoms with Crippen LogP contribution in [-0.2, 0) is 11.8 Å². The number of aryl methyl sites for hydroxylation is 2. The Hall–Kier alpha value is -2.50. The molecule has 1 aliphatic heterocycles. The first-order valence-electron chi connectivity index (χ1n) is 8.83. The van der Waals surface area contributed by atoms with Crippen LogP contribution in [0.1, 0.15) is 25.3 Å². The SMILES string of the molecule is CC[C@@H](Oc1ccccc1C)C(=O)N[C@H]1CCN(c2cnn(C)c2)C1. The topological polar surface area (TPSA) is 59.4 Å². The molecule has 0 bridgehead atoms. The second-order valence-corrected chi connectivity index (χ2v) is 6.59. The van der Waals surface area contributed by atoms with E-state index < -0.39 is 6.10 Å². The van der Waals surface area contributed by atoms with Crippen LogP contribution in [0.5, 0.6) is 5.75 Å². The van der Waals surface area contributed by atoms with Crippen LogP contribution in [0.15, 0.2) is 36.7 Å². The van der Waals surface area contributed by atoms with Crippen LogP contribution >= 0.6 is 0 Å². The molecule has 6 heteroatoms. The number of anilines is 1. The minimum Gasteiger partial charge on any atom is -0.480 e. The number of rotatable bonds is 6. The molecule has 0 saturated carbocycles. The first kappa shape index (κ1) is 17.3. The Bertz CT molecular complexity index is 728. The van der Waals surface area contributed by atoms with Gasteiger partial charge in [-0.15, -0.1) is 0 Å². The summed E-state index contributed by atoms with van der Waals surface area (Å²) in [6.07, 6.45) is 4.97. The van der Waals surface area contributed by atoms with Crippen molar-refractivity contribution in [1.82, 2.24) is 15.1 Å². The number of benzene rings is 1. The van der Waals surface area contributed by atoms with Gasteiger partial charge in [-0.2, -0.15) is 5.10 Å². The van der Waals surface area contributed by atoms with Gasteiger partial charge >= 0.3 is 0 Å². The monoisotopic (exact) mass is 342 g/mol. The second-order valence-electron chi connectivity index (χ2n) is 6.59. The quantitative estimate of drug-likeness (QED) is 0.875. The first-order valence-corrected chi connectivity index (χ1v) is 8.83. The Kier molecular flexibility index (Phi) is 5.26. The molecule has 134 valence electrons. The molecular formula is C19H26N4O2. The molecule has 1 aliphatic rings. The van der Waals surface area contributed by atoms with Gasteiger partial charge in [-0.05, 0) is 31.4 Å². The lowest BCUT2D eigenvalue weighted by Crippen LogP contribution is -2.44. The van der Waals surface area contributed by atoms with Crippen molar-refractivity contribution in [3.8, 4) is 5.75 Å². The highest BCUT2D eigenvalue weighted by atomic mass is 16.5. The second kappa shape index (κ2) is 7.59. The standard InChI is InChI=1S/C19H26N4O2/c1-4-17(25-18-8-6-5-7-14(18)2)19(24)21-15-9-10-23(12-15)16-11-20-22(3)13-16/h5-8,11,13,15,17H,4,9-10,12H2,1-3H3,(H,21,24)/t15-,17+/m0/s1. The van der Waals surface area contributed by atoms with Crippen LogP contribution in [0.4, 0.5) is 5.69 Å². The zero-order valence-electron chi connectivity index (χ0n) is 15.1. The number of hydrogen-bond acceptors (Lipinski definition) is 4. The van der Waals surface area contributed by atoms with E-state index in [1.807, 2.05) is 57.6 Å². The molecule has 2 atom stereocenters. The predicted octanol–water partition coefficient (Wildman–Crippen LogP) is 2.28. The lowest BCUT2D eigenvalue weighted by atomic mass is 10.2. The zero-order valence-corrected chi connectivity index (χ0v) is 15.1. The van der Waals surface area contributed by atoms with E-state index in [2.05, 4.69) is 15.3 Å². The highest BCUT2D eigenvalue weighted by molar-refractivity contribution is 5.81. The summed E-state index contributed by atoms with van der Waals surface area (Å²) in [5, 5.41) is 7.35. The van der Waals surface area contributed by atoms with Crippen molar-refractivity contribution in [3.63, 3.8) is 0 Å². The molecule has 2 aromatic rings. The summed E-state index contributed by atoms with van der Waals surface area (Å²) < 4.78 is 7.74.